The molecule has 3 amide bonds. The average molecular weight is 290 g/mol. The van der Waals surface area contributed by atoms with Crippen molar-refractivity contribution in [1.29, 1.82) is 0 Å². The van der Waals surface area contributed by atoms with Crippen molar-refractivity contribution < 1.29 is 19.5 Å². The van der Waals surface area contributed by atoms with Gasteiger partial charge >= 0.3 is 0 Å². The molecule has 6 nitrogen and oxygen atoms in total. The number of aliphatic hydroxyl groups is 1. The van der Waals surface area contributed by atoms with Gasteiger partial charge in [-0.15, -0.1) is 0 Å². The number of hydrogen-bond acceptors (Lipinski definition) is 4. The molecule has 1 fully saturated rings. The van der Waals surface area contributed by atoms with Crippen molar-refractivity contribution in [1.82, 2.24) is 10.2 Å². The van der Waals surface area contributed by atoms with Gasteiger partial charge in [0.25, 0.3) is 0 Å². The Bertz CT molecular complexity index is 514. The van der Waals surface area contributed by atoms with E-state index in [1.165, 1.54) is 0 Å². The van der Waals surface area contributed by atoms with Gasteiger partial charge in [0.05, 0.1) is 12.6 Å². The van der Waals surface area contributed by atoms with E-state index in [1.807, 2.05) is 30.3 Å². The number of nitrogens with one attached hydrogen (secondary N) is 1. The summed E-state index contributed by atoms with van der Waals surface area (Å²) in [6, 6.07) is 8.65. The molecular weight excluding hydrogens is 272 g/mol. The molecule has 1 heterocycles. The summed E-state index contributed by atoms with van der Waals surface area (Å²) in [5.74, 6) is -0.755. The lowest BCUT2D eigenvalue weighted by atomic mass is 10.1. The SMILES string of the molecule is O=C(CCN1C(=O)CCC1=O)NC(CO)c1ccccc1. The summed E-state index contributed by atoms with van der Waals surface area (Å²) in [5, 5.41) is 12.1. The van der Waals surface area contributed by atoms with E-state index >= 15 is 0 Å². The van der Waals surface area contributed by atoms with Crippen LogP contribution in [-0.4, -0.2) is 40.9 Å². The maximum atomic E-state index is 11.9. The molecule has 1 aromatic rings. The molecule has 1 aliphatic rings. The zero-order valence-electron chi connectivity index (χ0n) is 11.6. The van der Waals surface area contributed by atoms with Crippen molar-refractivity contribution in [3.63, 3.8) is 0 Å². The molecule has 1 unspecified atom stereocenters. The number of carbonyl (C=O) groups is 3. The number of aliphatic hydroxyl groups excluding tert-OH is 1. The lowest BCUT2D eigenvalue weighted by molar-refractivity contribution is -0.138. The van der Waals surface area contributed by atoms with E-state index < -0.39 is 6.04 Å². The monoisotopic (exact) mass is 290 g/mol. The van der Waals surface area contributed by atoms with Gasteiger partial charge in [0.2, 0.25) is 17.7 Å². The summed E-state index contributed by atoms with van der Waals surface area (Å²) < 4.78 is 0. The van der Waals surface area contributed by atoms with Crippen LogP contribution in [0.2, 0.25) is 0 Å². The van der Waals surface area contributed by atoms with Gasteiger partial charge in [-0.2, -0.15) is 0 Å². The molecule has 0 saturated carbocycles. The summed E-state index contributed by atoms with van der Waals surface area (Å²) in [6.07, 6.45) is 0.494. The molecule has 112 valence electrons. The van der Waals surface area contributed by atoms with Gasteiger partial charge < -0.3 is 10.4 Å². The number of amides is 3. The van der Waals surface area contributed by atoms with Crippen LogP contribution in [0.25, 0.3) is 0 Å². The number of imide groups is 1. The highest BCUT2D eigenvalue weighted by Gasteiger charge is 2.29. The third kappa shape index (κ3) is 3.88. The average Bonchev–Trinajstić information content (AvgIpc) is 2.82. The molecule has 0 radical (unpaired) electrons. The summed E-state index contributed by atoms with van der Waals surface area (Å²) >= 11 is 0. The first-order chi connectivity index (χ1) is 10.1. The molecule has 0 bridgehead atoms. The second-order valence-corrected chi connectivity index (χ2v) is 4.90. The second-order valence-electron chi connectivity index (χ2n) is 4.90. The molecule has 2 N–H and O–H groups in total. The minimum absolute atomic E-state index is 0.0425. The van der Waals surface area contributed by atoms with E-state index in [4.69, 9.17) is 0 Å². The summed E-state index contributed by atoms with van der Waals surface area (Å²) in [4.78, 5) is 35.9. The number of carbonyl (C=O) groups excluding carboxylic acids is 3. The fourth-order valence-corrected chi connectivity index (χ4v) is 2.27. The van der Waals surface area contributed by atoms with E-state index in [-0.39, 0.29) is 50.1 Å². The summed E-state index contributed by atoms with van der Waals surface area (Å²) in [7, 11) is 0. The molecule has 0 spiro atoms. The Morgan fingerprint density at radius 3 is 2.38 bits per heavy atom. The molecule has 2 rings (SSSR count). The van der Waals surface area contributed by atoms with Crippen molar-refractivity contribution in [3.8, 4) is 0 Å². The molecule has 1 atom stereocenters. The quantitative estimate of drug-likeness (QED) is 0.741. The highest BCUT2D eigenvalue weighted by atomic mass is 16.3. The van der Waals surface area contributed by atoms with Crippen LogP contribution in [-0.2, 0) is 14.4 Å². The first-order valence-electron chi connectivity index (χ1n) is 6.90. The second kappa shape index (κ2) is 6.99. The predicted molar refractivity (Wildman–Crippen MR) is 75.0 cm³/mol. The Hall–Kier alpha value is -2.21. The van der Waals surface area contributed by atoms with Gasteiger partial charge in [0, 0.05) is 25.8 Å². The Labute approximate surface area is 122 Å². The largest absolute Gasteiger partial charge is 0.394 e. The van der Waals surface area contributed by atoms with Crippen LogP contribution < -0.4 is 5.32 Å². The molecule has 1 aromatic carbocycles. The van der Waals surface area contributed by atoms with Crippen LogP contribution in [0.4, 0.5) is 0 Å². The molecule has 0 aliphatic carbocycles. The lowest BCUT2D eigenvalue weighted by Crippen LogP contribution is -2.36. The number of likely N-dealkylation sites (tertiary alicyclic amines) is 1. The minimum Gasteiger partial charge on any atom is -0.394 e. The molecule has 6 heteroatoms. The summed E-state index contributed by atoms with van der Waals surface area (Å²) in [5.41, 5.74) is 0.807. The number of nitrogens with zero attached hydrogens (tertiary/aromatic N) is 1. The smallest absolute Gasteiger partial charge is 0.229 e. The highest BCUT2D eigenvalue weighted by molar-refractivity contribution is 6.02. The first-order valence-corrected chi connectivity index (χ1v) is 6.90. The fourth-order valence-electron chi connectivity index (χ4n) is 2.27. The van der Waals surface area contributed by atoms with Gasteiger partial charge in [-0.05, 0) is 5.56 Å². The van der Waals surface area contributed by atoms with E-state index in [9.17, 15) is 19.5 Å². The molecule has 1 saturated heterocycles. The highest BCUT2D eigenvalue weighted by Crippen LogP contribution is 2.13. The van der Waals surface area contributed by atoms with Crippen LogP contribution in [0.3, 0.4) is 0 Å². The van der Waals surface area contributed by atoms with Crippen molar-refractivity contribution >= 4 is 17.7 Å². The molecule has 21 heavy (non-hydrogen) atoms. The summed E-state index contributed by atoms with van der Waals surface area (Å²) in [6.45, 7) is -0.117. The van der Waals surface area contributed by atoms with Crippen molar-refractivity contribution in [2.75, 3.05) is 13.2 Å². The molecule has 0 aromatic heterocycles. The van der Waals surface area contributed by atoms with Crippen molar-refractivity contribution in [2.45, 2.75) is 25.3 Å². The maximum absolute atomic E-state index is 11.9. The zero-order valence-corrected chi connectivity index (χ0v) is 11.6. The van der Waals surface area contributed by atoms with Gasteiger partial charge in [-0.25, -0.2) is 0 Å². The van der Waals surface area contributed by atoms with Crippen LogP contribution >= 0.6 is 0 Å². The van der Waals surface area contributed by atoms with Crippen LogP contribution in [0.5, 0.6) is 0 Å². The Morgan fingerprint density at radius 1 is 1.19 bits per heavy atom. The van der Waals surface area contributed by atoms with Crippen molar-refractivity contribution in [3.05, 3.63) is 35.9 Å². The number of benzene rings is 1. The minimum atomic E-state index is -0.483. The zero-order chi connectivity index (χ0) is 15.2. The number of rotatable bonds is 6. The fraction of sp³-hybridized carbons (Fsp3) is 0.400. The molecular formula is C15H18N2O4. The predicted octanol–water partition coefficient (Wildman–Crippen LogP) is 0.375. The Kier molecular flexibility index (Phi) is 5.05. The normalized spacial score (nSPS) is 16.1. The van der Waals surface area contributed by atoms with E-state index in [1.54, 1.807) is 0 Å². The maximum Gasteiger partial charge on any atom is 0.229 e. The topological polar surface area (TPSA) is 86.7 Å². The van der Waals surface area contributed by atoms with Gasteiger partial charge in [0.15, 0.2) is 0 Å². The van der Waals surface area contributed by atoms with E-state index in [0.717, 1.165) is 10.5 Å². The molecule has 1 aliphatic heterocycles. The Balaban J connectivity index is 1.86. The van der Waals surface area contributed by atoms with E-state index in [2.05, 4.69) is 5.32 Å². The van der Waals surface area contributed by atoms with Crippen LogP contribution in [0.1, 0.15) is 30.9 Å². The third-order valence-corrected chi connectivity index (χ3v) is 3.44. The first kappa shape index (κ1) is 15.2. The van der Waals surface area contributed by atoms with Gasteiger partial charge in [-0.1, -0.05) is 30.3 Å². The standard InChI is InChI=1S/C15H18N2O4/c18-10-12(11-4-2-1-3-5-11)16-13(19)8-9-17-14(20)6-7-15(17)21/h1-5,12,18H,6-10H2,(H,16,19). The third-order valence-electron chi connectivity index (χ3n) is 3.44. The van der Waals surface area contributed by atoms with Crippen molar-refractivity contribution in [2.24, 2.45) is 0 Å². The lowest BCUT2D eigenvalue weighted by Gasteiger charge is -2.18. The van der Waals surface area contributed by atoms with Gasteiger partial charge in [0.1, 0.15) is 0 Å². The Morgan fingerprint density at radius 2 is 1.81 bits per heavy atom. The number of hydrogen-bond donors (Lipinski definition) is 2. The van der Waals surface area contributed by atoms with Crippen LogP contribution in [0, 0.1) is 0 Å². The van der Waals surface area contributed by atoms with Crippen LogP contribution in [0.15, 0.2) is 30.3 Å². The van der Waals surface area contributed by atoms with E-state index in [0.29, 0.717) is 0 Å². The van der Waals surface area contributed by atoms with Gasteiger partial charge in [-0.3, -0.25) is 19.3 Å².